The zero-order valence-corrected chi connectivity index (χ0v) is 19.3. The fourth-order valence-electron chi connectivity index (χ4n) is 3.14. The lowest BCUT2D eigenvalue weighted by atomic mass is 10.0. The van der Waals surface area contributed by atoms with E-state index in [2.05, 4.69) is 28.1 Å². The van der Waals surface area contributed by atoms with Gasteiger partial charge < -0.3 is 14.0 Å². The predicted molar refractivity (Wildman–Crippen MR) is 115 cm³/mol. The van der Waals surface area contributed by atoms with E-state index >= 15 is 0 Å². The van der Waals surface area contributed by atoms with Crippen molar-refractivity contribution in [2.45, 2.75) is 103 Å². The van der Waals surface area contributed by atoms with Gasteiger partial charge >= 0.3 is 11.9 Å². The van der Waals surface area contributed by atoms with E-state index in [1.807, 2.05) is 0 Å². The van der Waals surface area contributed by atoms with E-state index in [1.54, 1.807) is 0 Å². The van der Waals surface area contributed by atoms with Gasteiger partial charge in [-0.05, 0) is 25.7 Å². The third kappa shape index (κ3) is 19.7. The Bertz CT molecular complexity index is 404. The molecule has 0 aliphatic carbocycles. The van der Waals surface area contributed by atoms with Crippen LogP contribution >= 0.6 is 0 Å². The van der Waals surface area contributed by atoms with Gasteiger partial charge in [0.25, 0.3) is 0 Å². The monoisotopic (exact) mass is 400 g/mol. The summed E-state index contributed by atoms with van der Waals surface area (Å²) in [5.74, 6) is -0.211. The average Bonchev–Trinajstić information content (AvgIpc) is 2.59. The summed E-state index contributed by atoms with van der Waals surface area (Å²) in [6.45, 7) is 5.04. The van der Waals surface area contributed by atoms with Gasteiger partial charge in [0.05, 0.1) is 21.1 Å². The molecule has 0 aliphatic heterocycles. The number of unbranched alkanes of at least 4 members (excludes halogenated alkanes) is 8. The van der Waals surface area contributed by atoms with E-state index in [-0.39, 0.29) is 18.0 Å². The summed E-state index contributed by atoms with van der Waals surface area (Å²) < 4.78 is 11.5. The van der Waals surface area contributed by atoms with Crippen LogP contribution in [0.5, 0.6) is 0 Å². The maximum absolute atomic E-state index is 11.7. The largest absolute Gasteiger partial charge is 0.463 e. The van der Waals surface area contributed by atoms with Gasteiger partial charge in [0, 0.05) is 13.3 Å². The van der Waals surface area contributed by atoms with Gasteiger partial charge in [-0.1, -0.05) is 58.3 Å². The Morgan fingerprint density at radius 1 is 0.821 bits per heavy atom. The van der Waals surface area contributed by atoms with Crippen LogP contribution in [0.2, 0.25) is 0 Å². The molecular formula is C23H46NO4+. The maximum Gasteiger partial charge on any atom is 0.305 e. The van der Waals surface area contributed by atoms with Crippen molar-refractivity contribution in [3.8, 4) is 0 Å². The third-order valence-corrected chi connectivity index (χ3v) is 4.89. The fourth-order valence-corrected chi connectivity index (χ4v) is 3.14. The number of ether oxygens (including phenoxy) is 2. The van der Waals surface area contributed by atoms with Crippen molar-refractivity contribution >= 4 is 11.9 Å². The highest BCUT2D eigenvalue weighted by Crippen LogP contribution is 2.16. The van der Waals surface area contributed by atoms with Gasteiger partial charge in [0.1, 0.15) is 19.3 Å². The number of rotatable bonds is 18. The van der Waals surface area contributed by atoms with Crippen molar-refractivity contribution in [2.75, 3.05) is 34.3 Å². The molecule has 28 heavy (non-hydrogen) atoms. The zero-order valence-electron chi connectivity index (χ0n) is 19.3. The first-order valence-corrected chi connectivity index (χ1v) is 11.4. The highest BCUT2D eigenvalue weighted by atomic mass is 16.5. The number of carbonyl (C=O) groups is 2. The average molecular weight is 401 g/mol. The Morgan fingerprint density at radius 3 is 1.89 bits per heavy atom. The lowest BCUT2D eigenvalue weighted by molar-refractivity contribution is -0.870. The Morgan fingerprint density at radius 2 is 1.36 bits per heavy atom. The molecule has 0 bridgehead atoms. The number of nitrogens with zero attached hydrogens (tertiary/aromatic N) is 1. The molecule has 0 spiro atoms. The number of carbonyl (C=O) groups excluding carboxylic acids is 2. The minimum Gasteiger partial charge on any atom is -0.463 e. The third-order valence-electron chi connectivity index (χ3n) is 4.89. The molecule has 0 saturated carbocycles. The summed E-state index contributed by atoms with van der Waals surface area (Å²) in [6, 6.07) is 0. The first-order chi connectivity index (χ1) is 13.2. The number of likely N-dealkylation sites (N-methyl/N-ethyl adjacent to an activating group) is 1. The molecule has 0 rings (SSSR count). The molecule has 0 amide bonds. The van der Waals surface area contributed by atoms with Gasteiger partial charge in [0.15, 0.2) is 0 Å². The summed E-state index contributed by atoms with van der Waals surface area (Å²) in [5, 5.41) is 0. The van der Waals surface area contributed by atoms with Crippen LogP contribution in [0.3, 0.4) is 0 Å². The molecule has 0 saturated heterocycles. The number of hydrogen-bond acceptors (Lipinski definition) is 4. The number of hydrogen-bond donors (Lipinski definition) is 0. The highest BCUT2D eigenvalue weighted by molar-refractivity contribution is 5.69. The lowest BCUT2D eigenvalue weighted by Crippen LogP contribution is -2.37. The van der Waals surface area contributed by atoms with Gasteiger partial charge in [0.2, 0.25) is 0 Å². The molecule has 5 nitrogen and oxygen atoms in total. The molecule has 0 N–H and O–H groups in total. The second-order valence-electron chi connectivity index (χ2n) is 8.98. The highest BCUT2D eigenvalue weighted by Gasteiger charge is 2.11. The fraction of sp³-hybridized carbons (Fsp3) is 0.913. The summed E-state index contributed by atoms with van der Waals surface area (Å²) in [5.41, 5.74) is 0. The second kappa shape index (κ2) is 16.8. The minimum absolute atomic E-state index is 0.0566. The molecular weight excluding hydrogens is 354 g/mol. The molecule has 5 heteroatoms. The molecule has 166 valence electrons. The van der Waals surface area contributed by atoms with Crippen molar-refractivity contribution in [1.29, 1.82) is 0 Å². The smallest absolute Gasteiger partial charge is 0.305 e. The first kappa shape index (κ1) is 26.9. The van der Waals surface area contributed by atoms with Crippen LogP contribution in [0.25, 0.3) is 0 Å². The molecule has 0 fully saturated rings. The van der Waals surface area contributed by atoms with Crippen molar-refractivity contribution < 1.29 is 23.5 Å². The second-order valence-corrected chi connectivity index (χ2v) is 8.98. The molecule has 0 aromatic carbocycles. The summed E-state index contributed by atoms with van der Waals surface area (Å²) >= 11 is 0. The van der Waals surface area contributed by atoms with Gasteiger partial charge in [-0.15, -0.1) is 0 Å². The first-order valence-electron chi connectivity index (χ1n) is 11.4. The van der Waals surface area contributed by atoms with Crippen LogP contribution in [0, 0.1) is 0 Å². The predicted octanol–water partition coefficient (Wildman–Crippen LogP) is 5.26. The molecule has 0 heterocycles. The van der Waals surface area contributed by atoms with Gasteiger partial charge in [-0.3, -0.25) is 9.59 Å². The van der Waals surface area contributed by atoms with Crippen LogP contribution in [-0.2, 0) is 19.1 Å². The Kier molecular flexibility index (Phi) is 16.2. The standard InChI is InChI=1S/C23H46NO4/c1-6-7-16-22(28-21(2)25)17-14-12-10-8-9-11-13-15-18-23(26)27-20-19-24(3,4)5/h22H,6-20H2,1-5H3/q+1. The van der Waals surface area contributed by atoms with Crippen LogP contribution in [0.1, 0.15) is 97.3 Å². The van der Waals surface area contributed by atoms with E-state index in [9.17, 15) is 9.59 Å². The number of esters is 2. The van der Waals surface area contributed by atoms with E-state index < -0.39 is 0 Å². The summed E-state index contributed by atoms with van der Waals surface area (Å²) in [6.07, 6.45) is 14.2. The molecule has 1 atom stereocenters. The van der Waals surface area contributed by atoms with Crippen LogP contribution in [-0.4, -0.2) is 56.8 Å². The minimum atomic E-state index is -0.154. The van der Waals surface area contributed by atoms with Gasteiger partial charge in [-0.2, -0.15) is 0 Å². The quantitative estimate of drug-likeness (QED) is 0.179. The maximum atomic E-state index is 11.7. The zero-order chi connectivity index (χ0) is 21.3. The Hall–Kier alpha value is -1.10. The summed E-state index contributed by atoms with van der Waals surface area (Å²) in [7, 11) is 6.29. The van der Waals surface area contributed by atoms with Crippen molar-refractivity contribution in [1.82, 2.24) is 0 Å². The summed E-state index contributed by atoms with van der Waals surface area (Å²) in [4.78, 5) is 22.8. The van der Waals surface area contributed by atoms with Gasteiger partial charge in [-0.25, -0.2) is 0 Å². The molecule has 1 unspecified atom stereocenters. The van der Waals surface area contributed by atoms with E-state index in [0.29, 0.717) is 13.0 Å². The molecule has 0 aromatic rings. The van der Waals surface area contributed by atoms with Crippen molar-refractivity contribution in [2.24, 2.45) is 0 Å². The van der Waals surface area contributed by atoms with Crippen molar-refractivity contribution in [3.05, 3.63) is 0 Å². The molecule has 0 aromatic heterocycles. The topological polar surface area (TPSA) is 52.6 Å². The van der Waals surface area contributed by atoms with E-state index in [4.69, 9.17) is 9.47 Å². The van der Waals surface area contributed by atoms with Crippen LogP contribution in [0.15, 0.2) is 0 Å². The molecule has 0 aliphatic rings. The number of quaternary nitrogens is 1. The normalized spacial score (nSPS) is 12.6. The molecule has 0 radical (unpaired) electrons. The van der Waals surface area contributed by atoms with E-state index in [0.717, 1.165) is 56.0 Å². The lowest BCUT2D eigenvalue weighted by Gasteiger charge is -2.23. The Balaban J connectivity index is 3.49. The van der Waals surface area contributed by atoms with Crippen LogP contribution < -0.4 is 0 Å². The Labute approximate surface area is 173 Å². The van der Waals surface area contributed by atoms with E-state index in [1.165, 1.54) is 39.0 Å². The van der Waals surface area contributed by atoms with Crippen LogP contribution in [0.4, 0.5) is 0 Å². The van der Waals surface area contributed by atoms with Crippen molar-refractivity contribution in [3.63, 3.8) is 0 Å². The SMILES string of the molecule is CCCCC(CCCCCCCCCCC(=O)OCC[N+](C)(C)C)OC(C)=O.